The summed E-state index contributed by atoms with van der Waals surface area (Å²) in [6, 6.07) is 0.549. The van der Waals surface area contributed by atoms with Crippen molar-refractivity contribution in [3.63, 3.8) is 0 Å². The Balaban J connectivity index is 2.78. The number of carboxylic acid groups (broad SMARTS) is 1. The van der Waals surface area contributed by atoms with E-state index in [1.54, 1.807) is 13.0 Å². The Morgan fingerprint density at radius 2 is 2.29 bits per heavy atom. The molecule has 0 aromatic carbocycles. The Morgan fingerprint density at radius 3 is 2.82 bits per heavy atom. The van der Waals surface area contributed by atoms with Crippen molar-refractivity contribution in [2.75, 3.05) is 5.32 Å². The summed E-state index contributed by atoms with van der Waals surface area (Å²) in [6.07, 6.45) is 1.06. The van der Waals surface area contributed by atoms with Gasteiger partial charge in [0.25, 0.3) is 0 Å². The Bertz CT molecular complexity index is 430. The van der Waals surface area contributed by atoms with E-state index in [0.717, 1.165) is 5.56 Å². The molecule has 0 aliphatic heterocycles. The molecule has 1 atom stereocenters. The molecule has 1 aromatic rings. The molecule has 0 bridgehead atoms. The number of nitrogens with one attached hydrogen (secondary N) is 1. The van der Waals surface area contributed by atoms with Gasteiger partial charge in [-0.15, -0.1) is 0 Å². The van der Waals surface area contributed by atoms with Crippen molar-refractivity contribution in [1.29, 1.82) is 0 Å². The maximum Gasteiger partial charge on any atom is 0.305 e. The molecule has 1 heterocycles. The van der Waals surface area contributed by atoms with Gasteiger partial charge in [0.05, 0.1) is 18.2 Å². The normalized spacial score (nSPS) is 11.9. The third kappa shape index (κ3) is 3.69. The second kappa shape index (κ2) is 5.60. The Labute approximate surface area is 103 Å². The fourth-order valence-electron chi connectivity index (χ4n) is 1.17. The van der Waals surface area contributed by atoms with E-state index in [1.807, 2.05) is 0 Å². The van der Waals surface area contributed by atoms with Gasteiger partial charge in [0.1, 0.15) is 0 Å². The summed E-state index contributed by atoms with van der Waals surface area (Å²) in [5, 5.41) is 11.1. The Hall–Kier alpha value is -1.66. The molecule has 0 aliphatic carbocycles. The topological polar surface area (TPSA) is 105 Å². The zero-order valence-electron chi connectivity index (χ0n) is 9.11. The zero-order valence-corrected chi connectivity index (χ0v) is 9.86. The number of anilines is 1. The van der Waals surface area contributed by atoms with Crippen molar-refractivity contribution >= 4 is 29.2 Å². The summed E-state index contributed by atoms with van der Waals surface area (Å²) in [5.74, 6) is -1.74. The van der Waals surface area contributed by atoms with Crippen molar-refractivity contribution in [3.8, 4) is 0 Å². The highest BCUT2D eigenvalue weighted by molar-refractivity contribution is 6.32. The van der Waals surface area contributed by atoms with Crippen LogP contribution in [0, 0.1) is 6.92 Å². The maximum absolute atomic E-state index is 11.6. The van der Waals surface area contributed by atoms with E-state index >= 15 is 0 Å². The quantitative estimate of drug-likeness (QED) is 0.692. The zero-order chi connectivity index (χ0) is 13.0. The molecule has 0 fully saturated rings. The number of carbonyl (C=O) groups is 2. The van der Waals surface area contributed by atoms with Crippen LogP contribution in [0.5, 0.6) is 0 Å². The fraction of sp³-hybridized carbons (Fsp3) is 0.300. The molecule has 4 N–H and O–H groups in total. The summed E-state index contributed by atoms with van der Waals surface area (Å²) in [4.78, 5) is 25.8. The minimum Gasteiger partial charge on any atom is -0.481 e. The van der Waals surface area contributed by atoms with Crippen LogP contribution in [0.3, 0.4) is 0 Å². The second-order valence-electron chi connectivity index (χ2n) is 3.49. The molecule has 1 rings (SSSR count). The van der Waals surface area contributed by atoms with Crippen LogP contribution >= 0.6 is 11.6 Å². The van der Waals surface area contributed by atoms with E-state index in [4.69, 9.17) is 22.4 Å². The predicted molar refractivity (Wildman–Crippen MR) is 62.8 cm³/mol. The number of amides is 1. The number of nitrogens with two attached hydrogens (primary N) is 1. The number of rotatable bonds is 4. The minimum absolute atomic E-state index is 0.140. The van der Waals surface area contributed by atoms with Crippen LogP contribution in [-0.2, 0) is 9.59 Å². The molecular formula is C10H12ClN3O3. The van der Waals surface area contributed by atoms with Crippen LogP contribution in [0.2, 0.25) is 5.15 Å². The molecule has 1 unspecified atom stereocenters. The number of pyridine rings is 1. The number of aromatic nitrogens is 1. The number of halogens is 1. The summed E-state index contributed by atoms with van der Waals surface area (Å²) < 4.78 is 0. The highest BCUT2D eigenvalue weighted by atomic mass is 35.5. The molecule has 1 aromatic heterocycles. The van der Waals surface area contributed by atoms with Crippen molar-refractivity contribution in [2.45, 2.75) is 19.4 Å². The highest BCUT2D eigenvalue weighted by Crippen LogP contribution is 2.22. The first-order valence-corrected chi connectivity index (χ1v) is 5.19. The number of hydrogen-bond donors (Lipinski definition) is 3. The van der Waals surface area contributed by atoms with Gasteiger partial charge in [-0.2, -0.15) is 0 Å². The molecule has 0 saturated heterocycles. The maximum atomic E-state index is 11.6. The van der Waals surface area contributed by atoms with E-state index in [-0.39, 0.29) is 5.15 Å². The highest BCUT2D eigenvalue weighted by Gasteiger charge is 2.18. The lowest BCUT2D eigenvalue weighted by molar-refractivity contribution is -0.138. The van der Waals surface area contributed by atoms with Gasteiger partial charge in [0.2, 0.25) is 5.91 Å². The number of carbonyl (C=O) groups excluding carboxylic acids is 1. The van der Waals surface area contributed by atoms with Gasteiger partial charge < -0.3 is 16.2 Å². The summed E-state index contributed by atoms with van der Waals surface area (Å²) in [5.41, 5.74) is 6.48. The molecule has 6 nitrogen and oxygen atoms in total. The monoisotopic (exact) mass is 257 g/mol. The van der Waals surface area contributed by atoms with Crippen LogP contribution < -0.4 is 11.1 Å². The lowest BCUT2D eigenvalue weighted by Gasteiger charge is -2.12. The minimum atomic E-state index is -1.14. The van der Waals surface area contributed by atoms with Gasteiger partial charge in [-0.05, 0) is 18.6 Å². The first-order chi connectivity index (χ1) is 7.91. The standard InChI is InChI=1S/C10H12ClN3O3/c1-5-2-3-13-9(11)8(5)14-10(17)6(12)4-7(15)16/h2-3,6H,4,12H2,1H3,(H,14,17)(H,15,16). The SMILES string of the molecule is Cc1ccnc(Cl)c1NC(=O)C(N)CC(=O)O. The third-order valence-corrected chi connectivity index (χ3v) is 2.38. The van der Waals surface area contributed by atoms with Crippen LogP contribution in [-0.4, -0.2) is 28.0 Å². The third-order valence-electron chi connectivity index (χ3n) is 2.09. The number of aryl methyl sites for hydroxylation is 1. The van der Waals surface area contributed by atoms with Crippen molar-refractivity contribution < 1.29 is 14.7 Å². The molecule has 0 spiro atoms. The van der Waals surface area contributed by atoms with Crippen LogP contribution in [0.25, 0.3) is 0 Å². The fourth-order valence-corrected chi connectivity index (χ4v) is 1.42. The summed E-state index contributed by atoms with van der Waals surface area (Å²) in [7, 11) is 0. The van der Waals surface area contributed by atoms with E-state index < -0.39 is 24.3 Å². The van der Waals surface area contributed by atoms with E-state index in [2.05, 4.69) is 10.3 Å². The number of aliphatic carboxylic acids is 1. The van der Waals surface area contributed by atoms with Crippen molar-refractivity contribution in [3.05, 3.63) is 23.0 Å². The van der Waals surface area contributed by atoms with Crippen molar-refractivity contribution in [1.82, 2.24) is 4.98 Å². The molecule has 17 heavy (non-hydrogen) atoms. The molecule has 7 heteroatoms. The van der Waals surface area contributed by atoms with Gasteiger partial charge in [-0.25, -0.2) is 4.98 Å². The summed E-state index contributed by atoms with van der Waals surface area (Å²) >= 11 is 5.80. The smallest absolute Gasteiger partial charge is 0.305 e. The number of nitrogens with zero attached hydrogens (tertiary/aromatic N) is 1. The molecule has 0 aliphatic rings. The molecule has 1 amide bonds. The Morgan fingerprint density at radius 1 is 1.65 bits per heavy atom. The molecule has 0 radical (unpaired) electrons. The van der Waals surface area contributed by atoms with Crippen LogP contribution in [0.1, 0.15) is 12.0 Å². The van der Waals surface area contributed by atoms with Gasteiger partial charge in [-0.1, -0.05) is 11.6 Å². The van der Waals surface area contributed by atoms with E-state index in [0.29, 0.717) is 5.69 Å². The second-order valence-corrected chi connectivity index (χ2v) is 3.85. The Kier molecular flexibility index (Phi) is 4.42. The largest absolute Gasteiger partial charge is 0.481 e. The van der Waals surface area contributed by atoms with E-state index in [9.17, 15) is 9.59 Å². The lowest BCUT2D eigenvalue weighted by Crippen LogP contribution is -2.37. The average Bonchev–Trinajstić information content (AvgIpc) is 2.22. The van der Waals surface area contributed by atoms with Crippen molar-refractivity contribution in [2.24, 2.45) is 5.73 Å². The predicted octanol–water partition coefficient (Wildman–Crippen LogP) is 0.784. The summed E-state index contributed by atoms with van der Waals surface area (Å²) in [6.45, 7) is 1.74. The van der Waals surface area contributed by atoms with Gasteiger partial charge in [0.15, 0.2) is 5.15 Å². The van der Waals surface area contributed by atoms with Gasteiger partial charge in [0, 0.05) is 6.20 Å². The van der Waals surface area contributed by atoms with Crippen LogP contribution in [0.15, 0.2) is 12.3 Å². The average molecular weight is 258 g/mol. The van der Waals surface area contributed by atoms with Gasteiger partial charge in [-0.3, -0.25) is 9.59 Å². The molecular weight excluding hydrogens is 246 g/mol. The molecule has 0 saturated carbocycles. The molecule has 92 valence electrons. The number of hydrogen-bond acceptors (Lipinski definition) is 4. The van der Waals surface area contributed by atoms with Gasteiger partial charge >= 0.3 is 5.97 Å². The first-order valence-electron chi connectivity index (χ1n) is 4.81. The lowest BCUT2D eigenvalue weighted by atomic mass is 10.2. The first kappa shape index (κ1) is 13.4. The number of carboxylic acids is 1. The van der Waals surface area contributed by atoms with E-state index in [1.165, 1.54) is 6.20 Å². The van der Waals surface area contributed by atoms with Crippen LogP contribution in [0.4, 0.5) is 5.69 Å².